The van der Waals surface area contributed by atoms with Gasteiger partial charge in [-0.15, -0.1) is 4.57 Å². The summed E-state index contributed by atoms with van der Waals surface area (Å²) in [4.78, 5) is 38.2. The zero-order chi connectivity index (χ0) is 50.3. The van der Waals surface area contributed by atoms with Crippen LogP contribution < -0.4 is 58.8 Å². The number of fused-ring (bicyclic) bond motifs is 2. The largest absolute Gasteiger partial charge is 0.775 e. The molecule has 0 saturated heterocycles. The lowest BCUT2D eigenvalue weighted by Crippen LogP contribution is -2.34. The summed E-state index contributed by atoms with van der Waals surface area (Å²) in [6.45, 7) is 2.42. The standard InChI is InChI=1S/C43H37ClN9O13PS3.3H3N/c1-3-52(24-25-6-4-9-32(18-25)68(57,58)59)29-12-16-34-37(22-29)53(30-13-17-38(66-2)40(23-30)70(63,64)65)36-20-27(10-14-33(36)48-34)45-35-15-11-28(21-39(35)69(60,61)62)47-43-50-41(44)49-42(51-43)46-26-7-5-8-31(19-26)67(54,55)56;;;/h4-23H,3,24H2,1-2H3,(H7,46,47,48,49,50,51,54,55,56,57,58,59,60,61,62,63,64,65);3*1H3. The third-order valence-corrected chi connectivity index (χ3v) is 14.1. The minimum atomic E-state index is -5.22. The van der Waals surface area contributed by atoms with E-state index in [0.29, 0.717) is 39.9 Å². The maximum absolute atomic E-state index is 12.8. The highest BCUT2D eigenvalue weighted by Crippen LogP contribution is 2.34. The number of benzene rings is 6. The maximum Gasteiger partial charge on any atom is 0.239 e. The first kappa shape index (κ1) is 56.9. The molecule has 1 atom stereocenters. The fraction of sp³-hybridized carbons (Fsp3) is 0.0930. The van der Waals surface area contributed by atoms with Crippen LogP contribution in [0.2, 0.25) is 5.28 Å². The molecule has 0 bridgehead atoms. The molecule has 386 valence electrons. The van der Waals surface area contributed by atoms with E-state index in [2.05, 4.69) is 30.9 Å². The predicted octanol–water partition coefficient (Wildman–Crippen LogP) is 5.78. The Balaban J connectivity index is 0.00000329. The molecule has 73 heavy (non-hydrogen) atoms. The van der Waals surface area contributed by atoms with Crippen LogP contribution in [0.4, 0.5) is 40.3 Å². The van der Waals surface area contributed by atoms with Gasteiger partial charge in [-0.25, -0.2) is 30.2 Å². The first-order valence-corrected chi connectivity index (χ1v) is 26.4. The summed E-state index contributed by atoms with van der Waals surface area (Å²) in [5.74, 6) is -0.607. The second-order valence-electron chi connectivity index (χ2n) is 15.1. The van der Waals surface area contributed by atoms with Crippen LogP contribution in [-0.2, 0) is 41.5 Å². The Morgan fingerprint density at radius 2 is 1.27 bits per heavy atom. The number of nitrogens with one attached hydrogen (secondary N) is 3. The van der Waals surface area contributed by atoms with Crippen molar-refractivity contribution >= 4 is 117 Å². The quantitative estimate of drug-likeness (QED) is 0.0261. The zero-order valence-electron chi connectivity index (χ0n) is 39.0. The van der Waals surface area contributed by atoms with Crippen molar-refractivity contribution in [2.45, 2.75) is 28.2 Å². The molecule has 2 aromatic heterocycles. The Morgan fingerprint density at radius 1 is 0.671 bits per heavy atom. The minimum Gasteiger partial charge on any atom is -0.775 e. The van der Waals surface area contributed by atoms with E-state index in [4.69, 9.17) is 21.3 Å². The lowest BCUT2D eigenvalue weighted by Gasteiger charge is -2.24. The SMILES string of the molecule is CCN(Cc1cccc(S(=O)(=O)[O-])c1)c1ccc2nc3ccc(Nc4ccc(Nc5nc(Cl)nc(Nc6cccc(P(=O)([O-])O)c6)n5)cc4S(=O)(=O)[O-])cc3[n+](-c3ccc(OC)c(S(=O)(=O)[O-])c3)c2c1.[NH4+].[NH4+].[NH4+]. The second kappa shape index (κ2) is 22.0. The van der Waals surface area contributed by atoms with Crippen molar-refractivity contribution in [1.82, 2.24) is 38.4 Å². The number of nitrogens with zero attached hydrogens (tertiary/aromatic N) is 6. The van der Waals surface area contributed by atoms with Crippen LogP contribution in [0.15, 0.2) is 136 Å². The highest BCUT2D eigenvalue weighted by atomic mass is 35.5. The van der Waals surface area contributed by atoms with Gasteiger partial charge < -0.3 is 72.0 Å². The van der Waals surface area contributed by atoms with Crippen molar-refractivity contribution in [2.24, 2.45) is 0 Å². The molecule has 6 aromatic carbocycles. The van der Waals surface area contributed by atoms with Gasteiger partial charge in [0.15, 0.2) is 7.60 Å². The van der Waals surface area contributed by atoms with E-state index in [1.165, 1.54) is 67.8 Å². The zero-order valence-corrected chi connectivity index (χ0v) is 43.1. The van der Waals surface area contributed by atoms with Gasteiger partial charge in [-0.1, -0.05) is 24.3 Å². The van der Waals surface area contributed by atoms with Crippen LogP contribution in [0, 0.1) is 0 Å². The molecule has 25 nitrogen and oxygen atoms in total. The number of hydrogen-bond acceptors (Lipinski definition) is 20. The summed E-state index contributed by atoms with van der Waals surface area (Å²) < 4.78 is 130. The van der Waals surface area contributed by atoms with Crippen LogP contribution in [0.5, 0.6) is 5.75 Å². The van der Waals surface area contributed by atoms with Crippen molar-refractivity contribution in [1.29, 1.82) is 0 Å². The molecule has 8 rings (SSSR count). The van der Waals surface area contributed by atoms with Gasteiger partial charge in [0.1, 0.15) is 52.0 Å². The van der Waals surface area contributed by atoms with E-state index >= 15 is 0 Å². The number of rotatable bonds is 16. The first-order chi connectivity index (χ1) is 33.0. The van der Waals surface area contributed by atoms with Gasteiger partial charge in [0, 0.05) is 65.4 Å². The lowest BCUT2D eigenvalue weighted by atomic mass is 10.1. The lowest BCUT2D eigenvalue weighted by molar-refractivity contribution is -0.538. The van der Waals surface area contributed by atoms with Crippen LogP contribution in [-0.4, -0.2) is 77.4 Å². The highest BCUT2D eigenvalue weighted by Gasteiger charge is 2.25. The Bertz CT molecular complexity index is 3800. The molecule has 0 amide bonds. The van der Waals surface area contributed by atoms with Gasteiger partial charge in [-0.3, -0.25) is 0 Å². The molecule has 2 heterocycles. The Hall–Kier alpha value is -7.02. The topological polar surface area (TPSA) is 445 Å². The van der Waals surface area contributed by atoms with Crippen molar-refractivity contribution in [3.05, 3.63) is 132 Å². The van der Waals surface area contributed by atoms with Crippen molar-refractivity contribution in [2.75, 3.05) is 34.5 Å². The van der Waals surface area contributed by atoms with Gasteiger partial charge >= 0.3 is 0 Å². The summed E-state index contributed by atoms with van der Waals surface area (Å²) in [5.41, 5.74) is 2.94. The molecule has 0 aliphatic rings. The molecular formula is C43H46ClN12O13PS3. The van der Waals surface area contributed by atoms with Crippen molar-refractivity contribution in [3.8, 4) is 11.4 Å². The van der Waals surface area contributed by atoms with E-state index in [9.17, 15) is 53.3 Å². The van der Waals surface area contributed by atoms with Gasteiger partial charge in [-0.2, -0.15) is 15.0 Å². The van der Waals surface area contributed by atoms with Gasteiger partial charge in [0.2, 0.25) is 33.9 Å². The van der Waals surface area contributed by atoms with Crippen LogP contribution >= 0.6 is 19.2 Å². The molecular weight excluding hydrogens is 1060 g/mol. The maximum atomic E-state index is 12.8. The molecule has 16 N–H and O–H groups in total. The number of halogens is 1. The van der Waals surface area contributed by atoms with Crippen LogP contribution in [0.1, 0.15) is 12.5 Å². The van der Waals surface area contributed by atoms with Gasteiger partial charge in [0.05, 0.1) is 22.6 Å². The molecule has 0 spiro atoms. The summed E-state index contributed by atoms with van der Waals surface area (Å²) >= 11 is 6.13. The summed E-state index contributed by atoms with van der Waals surface area (Å²) in [6, 6.07) is 28.3. The molecule has 8 aromatic rings. The number of aromatic nitrogens is 5. The normalized spacial score (nSPS) is 12.4. The number of methoxy groups -OCH3 is 1. The highest BCUT2D eigenvalue weighted by molar-refractivity contribution is 7.86. The first-order valence-electron chi connectivity index (χ1n) is 20.2. The number of ether oxygens (including phenoxy) is 1. The number of hydrogen-bond donors (Lipinski definition) is 7. The minimum absolute atomic E-state index is 0. The van der Waals surface area contributed by atoms with E-state index in [1.807, 2.05) is 11.8 Å². The van der Waals surface area contributed by atoms with Crippen molar-refractivity contribution in [3.63, 3.8) is 0 Å². The van der Waals surface area contributed by atoms with E-state index in [1.54, 1.807) is 47.0 Å². The molecule has 30 heteroatoms. The van der Waals surface area contributed by atoms with E-state index in [-0.39, 0.29) is 81.7 Å². The molecule has 0 aliphatic carbocycles. The average molecular weight is 1100 g/mol. The molecule has 0 radical (unpaired) electrons. The molecule has 0 fully saturated rings. The number of anilines is 7. The fourth-order valence-electron chi connectivity index (χ4n) is 7.35. The third-order valence-electron chi connectivity index (χ3n) is 10.5. The molecule has 0 aliphatic heterocycles. The van der Waals surface area contributed by atoms with Crippen molar-refractivity contribution < 1.29 is 62.6 Å². The van der Waals surface area contributed by atoms with E-state index < -0.39 is 52.6 Å². The van der Waals surface area contributed by atoms with Gasteiger partial charge in [-0.05, 0) is 96.9 Å². The molecule has 0 saturated carbocycles. The third kappa shape index (κ3) is 13.0. The predicted molar refractivity (Wildman–Crippen MR) is 269 cm³/mol. The fourth-order valence-corrected chi connectivity index (χ4v) is 9.95. The Labute approximate surface area is 422 Å². The summed E-state index contributed by atoms with van der Waals surface area (Å²) in [7, 11) is -18.7. The summed E-state index contributed by atoms with van der Waals surface area (Å²) in [6.07, 6.45) is 0. The van der Waals surface area contributed by atoms with Gasteiger partial charge in [0.25, 0.3) is 0 Å². The second-order valence-corrected chi connectivity index (χ2v) is 21.1. The van der Waals surface area contributed by atoms with Crippen LogP contribution in [0.25, 0.3) is 27.8 Å². The van der Waals surface area contributed by atoms with E-state index in [0.717, 1.165) is 18.2 Å². The Kier molecular flexibility index (Phi) is 17.1. The molecule has 1 unspecified atom stereocenters. The Morgan fingerprint density at radius 3 is 1.89 bits per heavy atom. The van der Waals surface area contributed by atoms with Crippen LogP contribution in [0.3, 0.4) is 0 Å². The number of quaternary nitrogens is 3. The average Bonchev–Trinajstić information content (AvgIpc) is 3.29. The summed E-state index contributed by atoms with van der Waals surface area (Å²) in [5, 5.41) is 7.74. The smallest absolute Gasteiger partial charge is 0.239 e. The monoisotopic (exact) mass is 1100 g/mol.